The van der Waals surface area contributed by atoms with Crippen molar-refractivity contribution in [3.63, 3.8) is 0 Å². The molecule has 1 aliphatic carbocycles. The molecule has 2 atom stereocenters. The first-order valence-corrected chi connectivity index (χ1v) is 7.81. The molecule has 1 aliphatic rings. The van der Waals surface area contributed by atoms with E-state index in [1.165, 1.54) is 0 Å². The van der Waals surface area contributed by atoms with Crippen molar-refractivity contribution >= 4 is 17.5 Å². The number of halogens is 1. The molecule has 116 valence electrons. The van der Waals surface area contributed by atoms with Gasteiger partial charge in [-0.15, -0.1) is 0 Å². The predicted octanol–water partition coefficient (Wildman–Crippen LogP) is 2.52. The van der Waals surface area contributed by atoms with Gasteiger partial charge in [-0.25, -0.2) is 0 Å². The molecule has 1 aromatic rings. The summed E-state index contributed by atoms with van der Waals surface area (Å²) in [5.41, 5.74) is 1.06. The third kappa shape index (κ3) is 5.65. The van der Waals surface area contributed by atoms with Gasteiger partial charge in [0.15, 0.2) is 0 Å². The Hall–Kier alpha value is -1.10. The number of rotatable bonds is 6. The van der Waals surface area contributed by atoms with E-state index in [2.05, 4.69) is 5.32 Å². The Morgan fingerprint density at radius 2 is 2.10 bits per heavy atom. The lowest BCUT2D eigenvalue weighted by Crippen LogP contribution is -2.36. The Morgan fingerprint density at radius 3 is 2.81 bits per heavy atom. The molecule has 21 heavy (non-hydrogen) atoms. The third-order valence-electron chi connectivity index (χ3n) is 3.74. The van der Waals surface area contributed by atoms with E-state index in [1.54, 1.807) is 0 Å². The van der Waals surface area contributed by atoms with Crippen molar-refractivity contribution in [1.82, 2.24) is 5.32 Å². The highest BCUT2D eigenvalue weighted by Gasteiger charge is 2.25. The van der Waals surface area contributed by atoms with E-state index in [0.29, 0.717) is 31.2 Å². The topological polar surface area (TPSA) is 58.6 Å². The smallest absolute Gasteiger partial charge is 0.223 e. The highest BCUT2D eigenvalue weighted by Crippen LogP contribution is 2.24. The van der Waals surface area contributed by atoms with E-state index in [9.17, 15) is 9.90 Å². The number of hydrogen-bond acceptors (Lipinski definition) is 3. The van der Waals surface area contributed by atoms with Crippen LogP contribution in [0.25, 0.3) is 0 Å². The number of aliphatic hydroxyl groups excluding tert-OH is 1. The summed E-state index contributed by atoms with van der Waals surface area (Å²) in [6.45, 7) is 1.48. The van der Waals surface area contributed by atoms with Crippen LogP contribution in [-0.4, -0.2) is 30.3 Å². The van der Waals surface area contributed by atoms with Crippen molar-refractivity contribution in [2.45, 2.75) is 38.4 Å². The summed E-state index contributed by atoms with van der Waals surface area (Å²) >= 11 is 5.81. The fourth-order valence-electron chi connectivity index (χ4n) is 2.56. The van der Waals surface area contributed by atoms with Gasteiger partial charge >= 0.3 is 0 Å². The molecule has 0 aliphatic heterocycles. The van der Waals surface area contributed by atoms with E-state index in [4.69, 9.17) is 16.3 Å². The molecular formula is C16H22ClNO3. The largest absolute Gasteiger partial charge is 0.393 e. The highest BCUT2D eigenvalue weighted by molar-refractivity contribution is 6.30. The number of ether oxygens (including phenoxy) is 1. The Kier molecular flexibility index (Phi) is 6.49. The number of nitrogens with one attached hydrogen (secondary N) is 1. The number of benzene rings is 1. The number of aliphatic hydroxyl groups is 1. The second kappa shape index (κ2) is 8.37. The van der Waals surface area contributed by atoms with Gasteiger partial charge in [0.2, 0.25) is 5.91 Å². The van der Waals surface area contributed by atoms with E-state index in [1.807, 2.05) is 24.3 Å². The van der Waals surface area contributed by atoms with Gasteiger partial charge in [0.1, 0.15) is 0 Å². The first kappa shape index (κ1) is 16.3. The van der Waals surface area contributed by atoms with Gasteiger partial charge in [-0.05, 0) is 37.0 Å². The van der Waals surface area contributed by atoms with Crippen LogP contribution in [0.15, 0.2) is 24.3 Å². The van der Waals surface area contributed by atoms with Gasteiger partial charge in [-0.2, -0.15) is 0 Å². The van der Waals surface area contributed by atoms with E-state index < -0.39 is 0 Å². The first-order chi connectivity index (χ1) is 10.1. The fourth-order valence-corrected chi connectivity index (χ4v) is 2.69. The van der Waals surface area contributed by atoms with Crippen molar-refractivity contribution in [3.05, 3.63) is 34.9 Å². The number of carbonyl (C=O) groups is 1. The molecule has 5 heteroatoms. The van der Waals surface area contributed by atoms with Crippen LogP contribution < -0.4 is 5.32 Å². The molecule has 1 aromatic carbocycles. The molecule has 2 N–H and O–H groups in total. The molecule has 1 fully saturated rings. The number of amides is 1. The molecule has 4 nitrogen and oxygen atoms in total. The summed E-state index contributed by atoms with van der Waals surface area (Å²) in [5.74, 6) is -0.0196. The molecular weight excluding hydrogens is 290 g/mol. The number of hydrogen-bond donors (Lipinski definition) is 2. The van der Waals surface area contributed by atoms with Crippen molar-refractivity contribution in [1.29, 1.82) is 0 Å². The lowest BCUT2D eigenvalue weighted by molar-refractivity contribution is -0.127. The quantitative estimate of drug-likeness (QED) is 0.794. The fraction of sp³-hybridized carbons (Fsp3) is 0.562. The van der Waals surface area contributed by atoms with Gasteiger partial charge in [0, 0.05) is 17.5 Å². The molecule has 0 heterocycles. The lowest BCUT2D eigenvalue weighted by atomic mass is 9.87. The van der Waals surface area contributed by atoms with Crippen molar-refractivity contribution < 1.29 is 14.6 Å². The normalized spacial score (nSPS) is 22.0. The monoisotopic (exact) mass is 311 g/mol. The van der Waals surface area contributed by atoms with Crippen molar-refractivity contribution in [2.75, 3.05) is 13.2 Å². The lowest BCUT2D eigenvalue weighted by Gasteiger charge is -2.24. The maximum absolute atomic E-state index is 11.9. The van der Waals surface area contributed by atoms with Crippen LogP contribution in [0.3, 0.4) is 0 Å². The van der Waals surface area contributed by atoms with Gasteiger partial charge in [0.05, 0.1) is 19.3 Å². The van der Waals surface area contributed by atoms with Crippen LogP contribution in [0.5, 0.6) is 0 Å². The van der Waals surface area contributed by atoms with Crippen molar-refractivity contribution in [2.24, 2.45) is 5.92 Å². The van der Waals surface area contributed by atoms with Gasteiger partial charge < -0.3 is 15.2 Å². The molecule has 0 spiro atoms. The summed E-state index contributed by atoms with van der Waals surface area (Å²) in [6, 6.07) is 7.50. The molecule has 0 saturated heterocycles. The summed E-state index contributed by atoms with van der Waals surface area (Å²) in [6.07, 6.45) is 2.86. The minimum absolute atomic E-state index is 0.0313. The second-order valence-electron chi connectivity index (χ2n) is 5.49. The third-order valence-corrected chi connectivity index (χ3v) is 4.00. The van der Waals surface area contributed by atoms with E-state index in [-0.39, 0.29) is 17.9 Å². The summed E-state index contributed by atoms with van der Waals surface area (Å²) in [4.78, 5) is 11.9. The number of carbonyl (C=O) groups excluding carboxylic acids is 1. The summed E-state index contributed by atoms with van der Waals surface area (Å²) in [7, 11) is 0. The zero-order valence-electron chi connectivity index (χ0n) is 12.1. The van der Waals surface area contributed by atoms with Crippen LogP contribution in [0.1, 0.15) is 31.2 Å². The minimum atomic E-state index is -0.323. The summed E-state index contributed by atoms with van der Waals surface area (Å²) < 4.78 is 5.51. The predicted molar refractivity (Wildman–Crippen MR) is 82.1 cm³/mol. The average molecular weight is 312 g/mol. The average Bonchev–Trinajstić information content (AvgIpc) is 2.48. The molecule has 1 saturated carbocycles. The molecule has 0 radical (unpaired) electrons. The minimum Gasteiger partial charge on any atom is -0.393 e. The highest BCUT2D eigenvalue weighted by atomic mass is 35.5. The molecule has 0 unspecified atom stereocenters. The van der Waals surface area contributed by atoms with Crippen molar-refractivity contribution in [3.8, 4) is 0 Å². The van der Waals surface area contributed by atoms with Crippen LogP contribution in [0, 0.1) is 5.92 Å². The van der Waals surface area contributed by atoms with Crippen LogP contribution in [0.4, 0.5) is 0 Å². The SMILES string of the molecule is O=C(NCCOCc1ccc(Cl)cc1)[C@@H]1CCC[C@H](O)C1. The maximum atomic E-state index is 11.9. The Bertz CT molecular complexity index is 449. The zero-order valence-corrected chi connectivity index (χ0v) is 12.8. The van der Waals surface area contributed by atoms with Gasteiger partial charge in [0.25, 0.3) is 0 Å². The Morgan fingerprint density at radius 1 is 1.33 bits per heavy atom. The van der Waals surface area contributed by atoms with E-state index in [0.717, 1.165) is 24.8 Å². The van der Waals surface area contributed by atoms with Gasteiger partial charge in [-0.1, -0.05) is 30.2 Å². The maximum Gasteiger partial charge on any atom is 0.223 e. The Labute approximate surface area is 130 Å². The molecule has 0 bridgehead atoms. The molecule has 2 rings (SSSR count). The zero-order chi connectivity index (χ0) is 15.1. The van der Waals surface area contributed by atoms with Crippen LogP contribution >= 0.6 is 11.6 Å². The van der Waals surface area contributed by atoms with E-state index >= 15 is 0 Å². The second-order valence-corrected chi connectivity index (χ2v) is 5.92. The van der Waals surface area contributed by atoms with Crippen LogP contribution in [0.2, 0.25) is 5.02 Å². The molecule has 1 amide bonds. The molecule has 0 aromatic heterocycles. The summed E-state index contributed by atoms with van der Waals surface area (Å²) in [5, 5.41) is 13.2. The standard InChI is InChI=1S/C16H22ClNO3/c17-14-6-4-12(5-7-14)11-21-9-8-18-16(20)13-2-1-3-15(19)10-13/h4-7,13,15,19H,1-3,8-11H2,(H,18,20)/t13-,15+/m1/s1. The Balaban J connectivity index is 1.59. The first-order valence-electron chi connectivity index (χ1n) is 7.43. The van der Waals surface area contributed by atoms with Crippen LogP contribution in [-0.2, 0) is 16.1 Å². The van der Waals surface area contributed by atoms with Gasteiger partial charge in [-0.3, -0.25) is 4.79 Å².